The summed E-state index contributed by atoms with van der Waals surface area (Å²) in [6, 6.07) is 11.3. The van der Waals surface area contributed by atoms with E-state index in [0.717, 1.165) is 21.3 Å². The predicted octanol–water partition coefficient (Wildman–Crippen LogP) is 4.11. The van der Waals surface area contributed by atoms with Crippen LogP contribution in [0.15, 0.2) is 41.2 Å². The zero-order valence-electron chi connectivity index (χ0n) is 15.3. The quantitative estimate of drug-likeness (QED) is 0.735. The Balaban J connectivity index is 1.75. The molecule has 3 aromatic rings. The topological polar surface area (TPSA) is 60.3 Å². The number of rotatable bonds is 5. The number of aromatic nitrogens is 1. The lowest BCUT2D eigenvalue weighted by atomic mass is 10.1. The van der Waals surface area contributed by atoms with E-state index in [1.54, 1.807) is 11.5 Å². The first-order valence-electron chi connectivity index (χ1n) is 8.57. The SMILES string of the molecule is CCn1c(=O)sc2cc(NC(=O)[C@H](C)Oc3cccc(C)c3C)ccc21. The molecule has 2 aromatic carbocycles. The Hall–Kier alpha value is -2.60. The molecule has 1 atom stereocenters. The highest BCUT2D eigenvalue weighted by Crippen LogP contribution is 2.24. The standard InChI is InChI=1S/C20H22N2O3S/c1-5-22-16-10-9-15(11-18(16)26-20(22)24)21-19(23)14(4)25-17-8-6-7-12(2)13(17)3/h6-11,14H,5H2,1-4H3,(H,21,23)/t14-/m0/s1. The lowest BCUT2D eigenvalue weighted by Gasteiger charge is -2.17. The third-order valence-corrected chi connectivity index (χ3v) is 5.42. The molecule has 26 heavy (non-hydrogen) atoms. The Morgan fingerprint density at radius 2 is 2.04 bits per heavy atom. The minimum atomic E-state index is -0.634. The number of hydrogen-bond acceptors (Lipinski definition) is 4. The second kappa shape index (κ2) is 7.33. The summed E-state index contributed by atoms with van der Waals surface area (Å²) >= 11 is 1.18. The average molecular weight is 370 g/mol. The zero-order chi connectivity index (χ0) is 18.8. The highest BCUT2D eigenvalue weighted by atomic mass is 32.1. The lowest BCUT2D eigenvalue weighted by Crippen LogP contribution is -2.30. The number of carbonyl (C=O) groups excluding carboxylic acids is 1. The van der Waals surface area contributed by atoms with Gasteiger partial charge in [-0.1, -0.05) is 23.5 Å². The molecule has 0 bridgehead atoms. The van der Waals surface area contributed by atoms with Gasteiger partial charge in [0.15, 0.2) is 6.10 Å². The smallest absolute Gasteiger partial charge is 0.308 e. The van der Waals surface area contributed by atoms with E-state index in [4.69, 9.17) is 4.74 Å². The Bertz CT molecular complexity index is 1020. The molecule has 1 aromatic heterocycles. The molecule has 0 fully saturated rings. The summed E-state index contributed by atoms with van der Waals surface area (Å²) in [5.74, 6) is 0.480. The number of carbonyl (C=O) groups is 1. The van der Waals surface area contributed by atoms with Crippen LogP contribution in [0.2, 0.25) is 0 Å². The van der Waals surface area contributed by atoms with Crippen molar-refractivity contribution in [1.82, 2.24) is 4.57 Å². The maximum atomic E-state index is 12.5. The fraction of sp³-hybridized carbons (Fsp3) is 0.300. The third-order valence-electron chi connectivity index (χ3n) is 4.48. The second-order valence-corrected chi connectivity index (χ2v) is 7.24. The number of benzene rings is 2. The summed E-state index contributed by atoms with van der Waals surface area (Å²) in [4.78, 5) is 24.4. The van der Waals surface area contributed by atoms with Crippen LogP contribution in [0.4, 0.5) is 5.69 Å². The van der Waals surface area contributed by atoms with E-state index in [0.29, 0.717) is 18.0 Å². The van der Waals surface area contributed by atoms with Crippen LogP contribution in [-0.2, 0) is 11.3 Å². The van der Waals surface area contributed by atoms with Crippen molar-refractivity contribution >= 4 is 33.1 Å². The van der Waals surface area contributed by atoms with Crippen LogP contribution in [0.5, 0.6) is 5.75 Å². The molecule has 0 saturated carbocycles. The molecule has 5 nitrogen and oxygen atoms in total. The molecule has 1 N–H and O–H groups in total. The van der Waals surface area contributed by atoms with E-state index in [2.05, 4.69) is 5.32 Å². The number of anilines is 1. The number of amides is 1. The Labute approximate surface area is 156 Å². The molecule has 3 rings (SSSR count). The van der Waals surface area contributed by atoms with Crippen LogP contribution >= 0.6 is 11.3 Å². The number of aryl methyl sites for hydroxylation is 2. The number of thiazole rings is 1. The number of nitrogens with one attached hydrogen (secondary N) is 1. The fourth-order valence-corrected chi connectivity index (χ4v) is 3.78. The van der Waals surface area contributed by atoms with Gasteiger partial charge in [-0.15, -0.1) is 0 Å². The van der Waals surface area contributed by atoms with E-state index < -0.39 is 6.10 Å². The van der Waals surface area contributed by atoms with Gasteiger partial charge in [0.05, 0.1) is 10.2 Å². The van der Waals surface area contributed by atoms with Crippen LogP contribution in [0.25, 0.3) is 10.2 Å². The summed E-state index contributed by atoms with van der Waals surface area (Å²) < 4.78 is 8.40. The van der Waals surface area contributed by atoms with Crippen LogP contribution in [0, 0.1) is 13.8 Å². The van der Waals surface area contributed by atoms with E-state index in [9.17, 15) is 9.59 Å². The van der Waals surface area contributed by atoms with Gasteiger partial charge in [0, 0.05) is 12.2 Å². The van der Waals surface area contributed by atoms with Gasteiger partial charge in [-0.3, -0.25) is 14.2 Å². The Kier molecular flexibility index (Phi) is 5.13. The van der Waals surface area contributed by atoms with E-state index in [1.165, 1.54) is 11.3 Å². The van der Waals surface area contributed by atoms with Crippen molar-refractivity contribution in [3.63, 3.8) is 0 Å². The summed E-state index contributed by atoms with van der Waals surface area (Å²) in [5.41, 5.74) is 3.69. The molecule has 0 aliphatic heterocycles. The van der Waals surface area contributed by atoms with Gasteiger partial charge in [0.25, 0.3) is 5.91 Å². The number of ether oxygens (including phenoxy) is 1. The van der Waals surface area contributed by atoms with Gasteiger partial charge >= 0.3 is 4.87 Å². The van der Waals surface area contributed by atoms with Gasteiger partial charge < -0.3 is 10.1 Å². The minimum absolute atomic E-state index is 0.0117. The van der Waals surface area contributed by atoms with Crippen molar-refractivity contribution in [3.8, 4) is 5.75 Å². The molecule has 0 unspecified atom stereocenters. The lowest BCUT2D eigenvalue weighted by molar-refractivity contribution is -0.122. The summed E-state index contributed by atoms with van der Waals surface area (Å²) in [5, 5.41) is 2.87. The monoisotopic (exact) mass is 370 g/mol. The summed E-state index contributed by atoms with van der Waals surface area (Å²) in [6.45, 7) is 8.28. The average Bonchev–Trinajstić information content (AvgIpc) is 2.93. The molecule has 136 valence electrons. The first-order valence-corrected chi connectivity index (χ1v) is 9.39. The zero-order valence-corrected chi connectivity index (χ0v) is 16.1. The highest BCUT2D eigenvalue weighted by molar-refractivity contribution is 7.16. The van der Waals surface area contributed by atoms with Crippen LogP contribution < -0.4 is 14.9 Å². The van der Waals surface area contributed by atoms with Crippen molar-refractivity contribution in [2.45, 2.75) is 40.3 Å². The molecule has 0 saturated heterocycles. The highest BCUT2D eigenvalue weighted by Gasteiger charge is 2.17. The molecular weight excluding hydrogens is 348 g/mol. The van der Waals surface area contributed by atoms with Crippen molar-refractivity contribution in [3.05, 3.63) is 57.2 Å². The first kappa shape index (κ1) is 18.2. The van der Waals surface area contributed by atoms with Gasteiger partial charge in [0.2, 0.25) is 0 Å². The fourth-order valence-electron chi connectivity index (χ4n) is 2.78. The summed E-state index contributed by atoms with van der Waals surface area (Å²) in [7, 11) is 0. The Morgan fingerprint density at radius 3 is 2.77 bits per heavy atom. The number of nitrogens with zero attached hydrogens (tertiary/aromatic N) is 1. The van der Waals surface area contributed by atoms with Gasteiger partial charge in [-0.05, 0) is 63.1 Å². The molecular formula is C20H22N2O3S. The number of hydrogen-bond donors (Lipinski definition) is 1. The second-order valence-electron chi connectivity index (χ2n) is 6.24. The van der Waals surface area contributed by atoms with Crippen molar-refractivity contribution in [1.29, 1.82) is 0 Å². The van der Waals surface area contributed by atoms with Gasteiger partial charge in [0.1, 0.15) is 5.75 Å². The third kappa shape index (κ3) is 3.51. The maximum Gasteiger partial charge on any atom is 0.308 e. The molecule has 1 amide bonds. The normalized spacial score (nSPS) is 12.2. The number of fused-ring (bicyclic) bond motifs is 1. The molecule has 0 aliphatic rings. The van der Waals surface area contributed by atoms with E-state index >= 15 is 0 Å². The largest absolute Gasteiger partial charge is 0.481 e. The van der Waals surface area contributed by atoms with Gasteiger partial charge in [-0.2, -0.15) is 0 Å². The van der Waals surface area contributed by atoms with Crippen molar-refractivity contribution < 1.29 is 9.53 Å². The van der Waals surface area contributed by atoms with Gasteiger partial charge in [-0.25, -0.2) is 0 Å². The van der Waals surface area contributed by atoms with Crippen molar-refractivity contribution in [2.75, 3.05) is 5.32 Å². The molecule has 0 spiro atoms. The van der Waals surface area contributed by atoms with Crippen LogP contribution in [0.3, 0.4) is 0 Å². The summed E-state index contributed by atoms with van der Waals surface area (Å²) in [6.07, 6.45) is -0.634. The minimum Gasteiger partial charge on any atom is -0.481 e. The van der Waals surface area contributed by atoms with Crippen molar-refractivity contribution in [2.24, 2.45) is 0 Å². The molecule has 6 heteroatoms. The first-order chi connectivity index (χ1) is 12.4. The Morgan fingerprint density at radius 1 is 1.27 bits per heavy atom. The molecule has 1 heterocycles. The van der Waals surface area contributed by atoms with Crippen LogP contribution in [-0.4, -0.2) is 16.6 Å². The maximum absolute atomic E-state index is 12.5. The van der Waals surface area contributed by atoms with Crippen LogP contribution in [0.1, 0.15) is 25.0 Å². The van der Waals surface area contributed by atoms with E-state index in [1.807, 2.05) is 57.2 Å². The van der Waals surface area contributed by atoms with E-state index in [-0.39, 0.29) is 10.8 Å². The molecule has 0 radical (unpaired) electrons. The predicted molar refractivity (Wildman–Crippen MR) is 106 cm³/mol. The molecule has 0 aliphatic carbocycles.